The number of anilines is 2. The number of hydrogen-bond donors (Lipinski definition) is 1. The number of nitrogens with one attached hydrogen (secondary N) is 1. The Morgan fingerprint density at radius 2 is 1.93 bits per heavy atom. The fourth-order valence-electron chi connectivity index (χ4n) is 3.19. The summed E-state index contributed by atoms with van der Waals surface area (Å²) < 4.78 is 0. The molecule has 4 rings (SSSR count). The Kier molecular flexibility index (Phi) is 4.50. The van der Waals surface area contributed by atoms with Gasteiger partial charge >= 0.3 is 0 Å². The van der Waals surface area contributed by atoms with Crippen LogP contribution >= 0.6 is 0 Å². The van der Waals surface area contributed by atoms with E-state index in [-0.39, 0.29) is 5.91 Å². The van der Waals surface area contributed by atoms with Crippen molar-refractivity contribution in [3.63, 3.8) is 0 Å². The fourth-order valence-corrected chi connectivity index (χ4v) is 3.19. The van der Waals surface area contributed by atoms with Gasteiger partial charge in [-0.15, -0.1) is 0 Å². The Labute approximate surface area is 157 Å². The highest BCUT2D eigenvalue weighted by molar-refractivity contribution is 5.93. The summed E-state index contributed by atoms with van der Waals surface area (Å²) in [6.45, 7) is 1.26. The van der Waals surface area contributed by atoms with Crippen LogP contribution in [0, 0.1) is 11.3 Å². The molecule has 2 aromatic carbocycles. The predicted molar refractivity (Wildman–Crippen MR) is 101 cm³/mol. The van der Waals surface area contributed by atoms with Gasteiger partial charge in [0.1, 0.15) is 17.8 Å². The van der Waals surface area contributed by atoms with Crippen LogP contribution in [0.3, 0.4) is 0 Å². The third-order valence-electron chi connectivity index (χ3n) is 4.57. The van der Waals surface area contributed by atoms with Gasteiger partial charge in [0, 0.05) is 24.8 Å². The van der Waals surface area contributed by atoms with Gasteiger partial charge in [0.15, 0.2) is 0 Å². The third kappa shape index (κ3) is 3.62. The summed E-state index contributed by atoms with van der Waals surface area (Å²) in [5, 5.41) is 12.1. The molecular formula is C21H17N5O. The van der Waals surface area contributed by atoms with Crippen LogP contribution in [0.15, 0.2) is 60.9 Å². The van der Waals surface area contributed by atoms with Crippen molar-refractivity contribution in [2.45, 2.75) is 13.0 Å². The highest BCUT2D eigenvalue weighted by Crippen LogP contribution is 2.21. The molecule has 0 atom stereocenters. The number of aromatic nitrogens is 2. The zero-order chi connectivity index (χ0) is 18.6. The molecule has 6 heteroatoms. The lowest BCUT2D eigenvalue weighted by atomic mass is 10.00. The van der Waals surface area contributed by atoms with E-state index in [1.54, 1.807) is 24.3 Å². The summed E-state index contributed by atoms with van der Waals surface area (Å²) >= 11 is 0. The molecule has 132 valence electrons. The van der Waals surface area contributed by atoms with Gasteiger partial charge < -0.3 is 10.2 Å². The van der Waals surface area contributed by atoms with Gasteiger partial charge in [-0.1, -0.05) is 30.3 Å². The van der Waals surface area contributed by atoms with Gasteiger partial charge in [0.2, 0.25) is 0 Å². The molecule has 0 saturated heterocycles. The molecular weight excluding hydrogens is 338 g/mol. The molecule has 1 aromatic heterocycles. The monoisotopic (exact) mass is 355 g/mol. The van der Waals surface area contributed by atoms with Crippen LogP contribution in [0.1, 0.15) is 27.2 Å². The molecule has 0 aliphatic carbocycles. The Morgan fingerprint density at radius 3 is 2.78 bits per heavy atom. The van der Waals surface area contributed by atoms with Gasteiger partial charge in [0.25, 0.3) is 5.91 Å². The van der Waals surface area contributed by atoms with Crippen molar-refractivity contribution in [1.29, 1.82) is 5.26 Å². The zero-order valence-corrected chi connectivity index (χ0v) is 14.6. The number of nitrogens with zero attached hydrogens (tertiary/aromatic N) is 4. The van der Waals surface area contributed by atoms with E-state index in [0.717, 1.165) is 12.1 Å². The second-order valence-corrected chi connectivity index (χ2v) is 6.35. The van der Waals surface area contributed by atoms with Crippen molar-refractivity contribution in [3.05, 3.63) is 83.3 Å². The van der Waals surface area contributed by atoms with Gasteiger partial charge in [-0.3, -0.25) is 4.79 Å². The number of fused-ring (bicyclic) bond motifs is 1. The number of amides is 1. The number of nitriles is 1. The molecule has 0 bridgehead atoms. The SMILES string of the molecule is N#Cc1cccc(Nc2cc(C(=O)N3CCc4ccccc4C3)ncn2)c1. The molecule has 1 aliphatic rings. The highest BCUT2D eigenvalue weighted by atomic mass is 16.2. The van der Waals surface area contributed by atoms with Crippen LogP contribution in [-0.4, -0.2) is 27.3 Å². The normalized spacial score (nSPS) is 12.8. The summed E-state index contributed by atoms with van der Waals surface area (Å²) in [5.74, 6) is 0.404. The quantitative estimate of drug-likeness (QED) is 0.779. The molecule has 27 heavy (non-hydrogen) atoms. The van der Waals surface area contributed by atoms with E-state index in [1.165, 1.54) is 17.5 Å². The smallest absolute Gasteiger partial charge is 0.272 e. The average Bonchev–Trinajstić information content (AvgIpc) is 2.73. The van der Waals surface area contributed by atoms with E-state index in [2.05, 4.69) is 33.5 Å². The van der Waals surface area contributed by atoms with Crippen molar-refractivity contribution in [1.82, 2.24) is 14.9 Å². The van der Waals surface area contributed by atoms with Crippen LogP contribution in [0.2, 0.25) is 0 Å². The maximum atomic E-state index is 12.9. The largest absolute Gasteiger partial charge is 0.340 e. The molecule has 6 nitrogen and oxygen atoms in total. The van der Waals surface area contributed by atoms with Crippen molar-refractivity contribution in [2.75, 3.05) is 11.9 Å². The number of rotatable bonds is 3. The second kappa shape index (κ2) is 7.26. The van der Waals surface area contributed by atoms with Crippen molar-refractivity contribution < 1.29 is 4.79 Å². The predicted octanol–water partition coefficient (Wildman–Crippen LogP) is 3.29. The lowest BCUT2D eigenvalue weighted by molar-refractivity contribution is 0.0728. The summed E-state index contributed by atoms with van der Waals surface area (Å²) in [7, 11) is 0. The minimum absolute atomic E-state index is 0.110. The summed E-state index contributed by atoms with van der Waals surface area (Å²) in [6, 6.07) is 19.0. The molecule has 0 radical (unpaired) electrons. The first kappa shape index (κ1) is 16.7. The first-order valence-corrected chi connectivity index (χ1v) is 8.68. The molecule has 0 fully saturated rings. The Hall–Kier alpha value is -3.72. The van der Waals surface area contributed by atoms with Gasteiger partial charge in [-0.2, -0.15) is 5.26 Å². The topological polar surface area (TPSA) is 81.9 Å². The van der Waals surface area contributed by atoms with Gasteiger partial charge in [0.05, 0.1) is 11.6 Å². The van der Waals surface area contributed by atoms with Crippen LogP contribution < -0.4 is 5.32 Å². The van der Waals surface area contributed by atoms with Crippen molar-refractivity contribution in [3.8, 4) is 6.07 Å². The average molecular weight is 355 g/mol. The van der Waals surface area contributed by atoms with E-state index >= 15 is 0 Å². The van der Waals surface area contributed by atoms with Crippen molar-refractivity contribution in [2.24, 2.45) is 0 Å². The van der Waals surface area contributed by atoms with E-state index in [4.69, 9.17) is 5.26 Å². The number of carbonyl (C=O) groups is 1. The zero-order valence-electron chi connectivity index (χ0n) is 14.6. The minimum Gasteiger partial charge on any atom is -0.340 e. The summed E-state index contributed by atoms with van der Waals surface area (Å²) in [5.41, 5.74) is 4.11. The lowest BCUT2D eigenvalue weighted by Crippen LogP contribution is -2.36. The standard InChI is InChI=1S/C21H17N5O/c22-12-15-4-3-7-18(10-15)25-20-11-19(23-14-24-20)21(27)26-9-8-16-5-1-2-6-17(16)13-26/h1-7,10-11,14H,8-9,13H2,(H,23,24,25). The summed E-state index contributed by atoms with van der Waals surface area (Å²) in [4.78, 5) is 23.0. The molecule has 1 aliphatic heterocycles. The molecule has 0 spiro atoms. The number of benzene rings is 2. The molecule has 1 amide bonds. The van der Waals surface area contributed by atoms with Crippen LogP contribution in [0.4, 0.5) is 11.5 Å². The van der Waals surface area contributed by atoms with Gasteiger partial charge in [-0.05, 0) is 35.7 Å². The Balaban J connectivity index is 1.52. The Bertz CT molecular complexity index is 1040. The first-order valence-electron chi connectivity index (χ1n) is 8.68. The number of carbonyl (C=O) groups excluding carboxylic acids is 1. The van der Waals surface area contributed by atoms with Crippen LogP contribution in [0.25, 0.3) is 0 Å². The number of hydrogen-bond acceptors (Lipinski definition) is 5. The van der Waals surface area contributed by atoms with Gasteiger partial charge in [-0.25, -0.2) is 9.97 Å². The van der Waals surface area contributed by atoms with E-state index in [9.17, 15) is 4.79 Å². The fraction of sp³-hybridized carbons (Fsp3) is 0.143. The molecule has 0 saturated carbocycles. The second-order valence-electron chi connectivity index (χ2n) is 6.35. The molecule has 2 heterocycles. The van der Waals surface area contributed by atoms with E-state index < -0.39 is 0 Å². The highest BCUT2D eigenvalue weighted by Gasteiger charge is 2.22. The lowest BCUT2D eigenvalue weighted by Gasteiger charge is -2.28. The maximum Gasteiger partial charge on any atom is 0.272 e. The summed E-state index contributed by atoms with van der Waals surface area (Å²) in [6.07, 6.45) is 2.22. The molecule has 3 aromatic rings. The third-order valence-corrected chi connectivity index (χ3v) is 4.57. The maximum absolute atomic E-state index is 12.9. The van der Waals surface area contributed by atoms with Crippen LogP contribution in [-0.2, 0) is 13.0 Å². The van der Waals surface area contributed by atoms with Crippen molar-refractivity contribution >= 4 is 17.4 Å². The Morgan fingerprint density at radius 1 is 1.07 bits per heavy atom. The van der Waals surface area contributed by atoms with E-state index in [1.807, 2.05) is 23.1 Å². The molecule has 1 N–H and O–H groups in total. The first-order chi connectivity index (χ1) is 13.2. The van der Waals surface area contributed by atoms with E-state index in [0.29, 0.717) is 30.2 Å². The molecule has 0 unspecified atom stereocenters. The minimum atomic E-state index is -0.110. The van der Waals surface area contributed by atoms with Crippen LogP contribution in [0.5, 0.6) is 0 Å².